The van der Waals surface area contributed by atoms with Gasteiger partial charge in [-0.3, -0.25) is 24.6 Å². The highest BCUT2D eigenvalue weighted by molar-refractivity contribution is 9.11. The van der Waals surface area contributed by atoms with Crippen LogP contribution < -0.4 is 0 Å². The fraction of sp³-hybridized carbons (Fsp3) is 0.214. The highest BCUT2D eigenvalue weighted by atomic mass is 79.9. The minimum atomic E-state index is 0.645. The molecule has 0 spiro atoms. The summed E-state index contributed by atoms with van der Waals surface area (Å²) in [6.07, 6.45) is 15.5. The van der Waals surface area contributed by atoms with E-state index in [1.54, 1.807) is 25.3 Å². The van der Waals surface area contributed by atoms with Gasteiger partial charge >= 0.3 is 0 Å². The number of hydrogen-bond donors (Lipinski definition) is 2. The fourth-order valence-corrected chi connectivity index (χ4v) is 17.7. The van der Waals surface area contributed by atoms with Crippen molar-refractivity contribution >= 4 is 85.7 Å². The molecular weight excluding hydrogens is 2040 g/mol. The normalized spacial score (nSPS) is 11.2. The lowest BCUT2D eigenvalue weighted by Crippen LogP contribution is -2.28. The Kier molecular flexibility index (Phi) is 35.9. The number of halogens is 4. The Morgan fingerprint density at radius 3 is 1.08 bits per heavy atom. The Labute approximate surface area is 865 Å². The second-order valence-corrected chi connectivity index (χ2v) is 38.5. The highest BCUT2D eigenvalue weighted by Gasteiger charge is 2.23. The number of aryl methyl sites for hydroxylation is 3. The van der Waals surface area contributed by atoms with E-state index in [0.717, 1.165) is 191 Å². The summed E-state index contributed by atoms with van der Waals surface area (Å²) in [6, 6.07) is 102. The molecule has 31 heteroatoms. The third kappa shape index (κ3) is 29.4. The zero-order valence-corrected chi connectivity index (χ0v) is 85.9. The van der Waals surface area contributed by atoms with Gasteiger partial charge in [0.1, 0.15) is 66.1 Å². The first-order valence-corrected chi connectivity index (χ1v) is 50.3. The Hall–Kier alpha value is -15.0. The third-order valence-electron chi connectivity index (χ3n) is 24.7. The maximum atomic E-state index is 9.07. The molecule has 0 fully saturated rings. The second-order valence-electron chi connectivity index (χ2n) is 34.9. The highest BCUT2D eigenvalue weighted by Crippen LogP contribution is 2.27. The number of pyridine rings is 1. The van der Waals surface area contributed by atoms with Crippen LogP contribution in [0.1, 0.15) is 131 Å². The third-order valence-corrected chi connectivity index (χ3v) is 26.8. The lowest BCUT2D eigenvalue weighted by atomic mass is 10.1. The largest absolute Gasteiger partial charge is 0.346 e. The fourth-order valence-electron chi connectivity index (χ4n) is 16.7. The van der Waals surface area contributed by atoms with Crippen molar-refractivity contribution in [3.63, 3.8) is 0 Å². The molecule has 0 aliphatic carbocycles. The molecule has 19 aromatic rings. The van der Waals surface area contributed by atoms with Crippen molar-refractivity contribution in [3.05, 3.63) is 459 Å². The van der Waals surface area contributed by atoms with E-state index in [1.165, 1.54) is 33.2 Å². The predicted molar refractivity (Wildman–Crippen MR) is 568 cm³/mol. The Morgan fingerprint density at radius 1 is 0.343 bits per heavy atom. The number of H-pyrrole nitrogens is 2. The lowest BCUT2D eigenvalue weighted by molar-refractivity contribution is 0.242. The maximum Gasteiger partial charge on any atom is 0.147 e. The van der Waals surface area contributed by atoms with Crippen LogP contribution in [0.2, 0.25) is 0 Å². The quantitative estimate of drug-likeness (QED) is 0.0363. The van der Waals surface area contributed by atoms with Gasteiger partial charge in [-0.15, -0.1) is 40.8 Å². The molecule has 27 nitrogen and oxygen atoms in total. The van der Waals surface area contributed by atoms with E-state index in [-0.39, 0.29) is 0 Å². The molecule has 0 saturated heterocycles. The van der Waals surface area contributed by atoms with E-state index in [4.69, 9.17) is 31.0 Å². The van der Waals surface area contributed by atoms with Gasteiger partial charge < -0.3 is 32.8 Å². The summed E-state index contributed by atoms with van der Waals surface area (Å²) in [5, 5.41) is 72.0. The molecule has 0 unspecified atom stereocenters. The number of aromatic amines is 2. The summed E-state index contributed by atoms with van der Waals surface area (Å²) in [5.41, 5.74) is 20.9. The van der Waals surface area contributed by atoms with Gasteiger partial charge in [-0.25, -0.2) is 15.0 Å². The molecule has 8 heterocycles. The van der Waals surface area contributed by atoms with E-state index in [9.17, 15) is 0 Å². The standard InChI is InChI=1S/C29H26BrN7.C29H25BrN6.C28H26BrN7.C26H28BrN7/c30-26-12-10-22(11-13-26)14-15-36(19-27-17-32-29(34-27)25-4-2-1-3-5-25)20-28-35-33-21-37(28)18-24-8-6-23(16-31)7-9-24;30-26-11-9-22(10-12-26)14-16-35(19-25-13-15-32-28-4-2-1-3-27(25)28)20-29-34-33-21-36(29)18-24-7-5-23(17-31)6-8-24;1-34-26-5-3-2-4-25(26)32-27(34)18-35(15-14-21-10-12-24(29)13-11-21)19-28-33-31-20-36(28)17-23-8-6-22(16-30)7-9-23;1-3-25-30-19(2)24(31-25)16-33(13-12-20-8-10-23(27)11-9-20)17-26-32-29-18-34(26)15-22-6-4-21(14-28)5-7-22/h1-13,17,21H,14-15,18-20H2,(H,32,34);1-13,15,21H,14,16,18-20H2;2-13,20H,14-15,17-19H2,1H3;4-11,18H,3,12-13,15-17H2,1-2H3,(H,30,31). The van der Waals surface area contributed by atoms with Gasteiger partial charge in [-0.1, -0.05) is 228 Å². The van der Waals surface area contributed by atoms with E-state index in [0.29, 0.717) is 87.7 Å². The molecule has 0 aliphatic heterocycles. The van der Waals surface area contributed by atoms with Gasteiger partial charge in [0.15, 0.2) is 0 Å². The zero-order valence-electron chi connectivity index (χ0n) is 79.6. The van der Waals surface area contributed by atoms with Crippen molar-refractivity contribution in [2.45, 2.75) is 124 Å². The van der Waals surface area contributed by atoms with Crippen LogP contribution >= 0.6 is 63.7 Å². The van der Waals surface area contributed by atoms with Crippen LogP contribution in [0, 0.1) is 52.2 Å². The van der Waals surface area contributed by atoms with Crippen molar-refractivity contribution in [1.29, 1.82) is 21.0 Å². The monoisotopic (exact) mass is 2140 g/mol. The Balaban J connectivity index is 0.000000137. The zero-order chi connectivity index (χ0) is 99.0. The van der Waals surface area contributed by atoms with E-state index in [2.05, 4.69) is 358 Å². The number of rotatable bonds is 38. The molecule has 8 aromatic heterocycles. The second kappa shape index (κ2) is 50.9. The first kappa shape index (κ1) is 101. The summed E-state index contributed by atoms with van der Waals surface area (Å²) in [4.78, 5) is 35.3. The molecule has 19 rings (SSSR count). The molecule has 0 bridgehead atoms. The van der Waals surface area contributed by atoms with Crippen LogP contribution in [0.3, 0.4) is 0 Å². The van der Waals surface area contributed by atoms with Gasteiger partial charge in [0.2, 0.25) is 0 Å². The summed E-state index contributed by atoms with van der Waals surface area (Å²) >= 11 is 14.1. The van der Waals surface area contributed by atoms with Gasteiger partial charge in [-0.05, 0) is 204 Å². The first-order chi connectivity index (χ1) is 69.9. The van der Waals surface area contributed by atoms with Crippen LogP contribution in [0.4, 0.5) is 0 Å². The topological polar surface area (TPSA) is 319 Å². The van der Waals surface area contributed by atoms with Crippen LogP contribution in [-0.4, -0.2) is 139 Å². The first-order valence-electron chi connectivity index (χ1n) is 47.1. The molecule has 716 valence electrons. The number of aromatic nitrogens is 19. The smallest absolute Gasteiger partial charge is 0.147 e. The minimum absolute atomic E-state index is 0.645. The maximum absolute atomic E-state index is 9.07. The number of nitriles is 4. The van der Waals surface area contributed by atoms with Gasteiger partial charge in [0, 0.05) is 112 Å². The van der Waals surface area contributed by atoms with Crippen molar-refractivity contribution in [2.75, 3.05) is 26.2 Å². The number of nitrogens with one attached hydrogen (secondary N) is 2. The lowest BCUT2D eigenvalue weighted by Gasteiger charge is -2.23. The molecule has 0 saturated carbocycles. The van der Waals surface area contributed by atoms with Crippen molar-refractivity contribution in [1.82, 2.24) is 113 Å². The predicted octanol–water partition coefficient (Wildman–Crippen LogP) is 21.2. The van der Waals surface area contributed by atoms with E-state index in [1.807, 2.05) is 146 Å². The molecule has 0 aliphatic rings. The SMILES string of the molecule is CCc1nc(CN(CCc2ccc(Br)cc2)Cc2nncn2Cc2ccc(C#N)cc2)c(C)[nH]1.Cn1c(CN(CCc2ccc(Br)cc2)Cc2nncn2Cc2ccc(C#N)cc2)nc2ccccc21.N#Cc1ccc(Cn2cnnc2CN(CCc2ccc(Br)cc2)Cc2ccnc3ccccc23)cc1.N#Cc1ccc(Cn2cnnc2CN(CCc2ccc(Br)cc2)Cc2cnc(-c3ccccc3)[nH]2)cc1. The number of benzene rings is 11. The summed E-state index contributed by atoms with van der Waals surface area (Å²) in [6.45, 7) is 15.8. The summed E-state index contributed by atoms with van der Waals surface area (Å²) in [5.74, 6) is 6.51. The van der Waals surface area contributed by atoms with Gasteiger partial charge in [0.05, 0.1) is 128 Å². The number of fused-ring (bicyclic) bond motifs is 2. The number of para-hydroxylation sites is 3. The summed E-state index contributed by atoms with van der Waals surface area (Å²) in [7, 11) is 2.07. The average Bonchev–Trinajstić information content (AvgIpc) is 1.67. The van der Waals surface area contributed by atoms with Gasteiger partial charge in [-0.2, -0.15) is 21.0 Å². The molecular formula is C112H105Br4N27. The van der Waals surface area contributed by atoms with Crippen LogP contribution in [0.15, 0.2) is 335 Å². The van der Waals surface area contributed by atoms with Crippen LogP contribution in [0.5, 0.6) is 0 Å². The average molecular weight is 2150 g/mol. The summed E-state index contributed by atoms with van der Waals surface area (Å²) < 4.78 is 14.8. The molecule has 2 N–H and O–H groups in total. The minimum Gasteiger partial charge on any atom is -0.346 e. The molecule has 0 atom stereocenters. The number of hydrogen-bond acceptors (Lipinski definition) is 20. The van der Waals surface area contributed by atoms with Crippen LogP contribution in [0.25, 0.3) is 33.3 Å². The number of nitrogens with zero attached hydrogens (tertiary/aromatic N) is 25. The van der Waals surface area contributed by atoms with Crippen molar-refractivity contribution in [2.24, 2.45) is 7.05 Å². The molecule has 143 heavy (non-hydrogen) atoms. The number of imidazole rings is 3. The van der Waals surface area contributed by atoms with E-state index < -0.39 is 0 Å². The van der Waals surface area contributed by atoms with Crippen molar-refractivity contribution in [3.8, 4) is 35.7 Å². The Morgan fingerprint density at radius 2 is 0.692 bits per heavy atom. The Bertz CT molecular complexity index is 7470. The van der Waals surface area contributed by atoms with Crippen LogP contribution in [-0.2, 0) is 118 Å². The molecule has 0 amide bonds. The van der Waals surface area contributed by atoms with Crippen molar-refractivity contribution < 1.29 is 0 Å². The molecule has 11 aromatic carbocycles. The van der Waals surface area contributed by atoms with Gasteiger partial charge in [0.25, 0.3) is 0 Å². The van der Waals surface area contributed by atoms with E-state index >= 15 is 0 Å². The molecule has 0 radical (unpaired) electrons.